The number of para-hydroxylation sites is 1. The van der Waals surface area contributed by atoms with Crippen molar-refractivity contribution in [3.63, 3.8) is 0 Å². The fourth-order valence-electron chi connectivity index (χ4n) is 2.33. The van der Waals surface area contributed by atoms with Gasteiger partial charge >= 0.3 is 5.69 Å². The van der Waals surface area contributed by atoms with E-state index < -0.39 is 10.0 Å². The van der Waals surface area contributed by atoms with Crippen molar-refractivity contribution in [3.05, 3.63) is 46.6 Å². The van der Waals surface area contributed by atoms with Crippen molar-refractivity contribution in [2.45, 2.75) is 25.3 Å². The van der Waals surface area contributed by atoms with E-state index in [1.807, 2.05) is 30.3 Å². The molecule has 8 heteroatoms. The van der Waals surface area contributed by atoms with Gasteiger partial charge in [-0.05, 0) is 25.0 Å². The van der Waals surface area contributed by atoms with Crippen LogP contribution in [0.25, 0.3) is 5.69 Å². The van der Waals surface area contributed by atoms with E-state index in [4.69, 9.17) is 0 Å². The van der Waals surface area contributed by atoms with Crippen LogP contribution in [0.1, 0.15) is 24.6 Å². The number of nitrogens with one attached hydrogen (secondary N) is 1. The zero-order chi connectivity index (χ0) is 15.7. The van der Waals surface area contributed by atoms with Crippen LogP contribution in [-0.4, -0.2) is 35.6 Å². The molecule has 1 N–H and O–H groups in total. The molecule has 7 nitrogen and oxygen atoms in total. The van der Waals surface area contributed by atoms with Crippen molar-refractivity contribution in [1.29, 1.82) is 0 Å². The zero-order valence-corrected chi connectivity index (χ0v) is 13.1. The van der Waals surface area contributed by atoms with Crippen molar-refractivity contribution in [2.24, 2.45) is 0 Å². The molecule has 1 fully saturated rings. The maximum Gasteiger partial charge on any atom is 0.350 e. The van der Waals surface area contributed by atoms with Gasteiger partial charge < -0.3 is 0 Å². The minimum Gasteiger partial charge on any atom is -0.247 e. The Bertz CT molecular complexity index is 820. The van der Waals surface area contributed by atoms with Crippen LogP contribution in [0.15, 0.2) is 35.1 Å². The Morgan fingerprint density at radius 1 is 1.27 bits per heavy atom. The number of hydrogen-bond acceptors (Lipinski definition) is 4. The Hall–Kier alpha value is -1.93. The Kier molecular flexibility index (Phi) is 3.88. The van der Waals surface area contributed by atoms with Gasteiger partial charge in [-0.3, -0.25) is 0 Å². The lowest BCUT2D eigenvalue weighted by Gasteiger charge is -2.03. The monoisotopic (exact) mass is 322 g/mol. The summed E-state index contributed by atoms with van der Waals surface area (Å²) in [4.78, 5) is 12.6. The van der Waals surface area contributed by atoms with Crippen molar-refractivity contribution >= 4 is 10.0 Å². The third kappa shape index (κ3) is 3.28. The quantitative estimate of drug-likeness (QED) is 0.837. The van der Waals surface area contributed by atoms with Crippen LogP contribution in [0.3, 0.4) is 0 Å². The molecule has 2 aromatic rings. The van der Waals surface area contributed by atoms with Gasteiger partial charge in [0.1, 0.15) is 5.82 Å². The molecule has 0 saturated heterocycles. The van der Waals surface area contributed by atoms with Crippen molar-refractivity contribution in [3.8, 4) is 5.69 Å². The smallest absolute Gasteiger partial charge is 0.247 e. The summed E-state index contributed by atoms with van der Waals surface area (Å²) in [6, 6.07) is 9.38. The highest BCUT2D eigenvalue weighted by Gasteiger charge is 2.31. The number of benzene rings is 1. The number of aromatic nitrogens is 3. The lowest BCUT2D eigenvalue weighted by atomic mass is 10.3. The van der Waals surface area contributed by atoms with E-state index in [9.17, 15) is 13.2 Å². The standard InChI is InChI=1S/C14H18N4O3S/c1-22(20,21)15-9-10-17-14(19)18(12-5-3-2-4-6-12)13(16-17)11-7-8-11/h2-6,11,15H,7-10H2,1H3. The first-order valence-corrected chi connectivity index (χ1v) is 9.04. The van der Waals surface area contributed by atoms with Gasteiger partial charge in [0, 0.05) is 12.5 Å². The second-order valence-corrected chi connectivity index (χ2v) is 7.31. The molecule has 0 spiro atoms. The predicted molar refractivity (Wildman–Crippen MR) is 82.6 cm³/mol. The molecular formula is C14H18N4O3S. The third-order valence-corrected chi connectivity index (χ3v) is 4.24. The largest absolute Gasteiger partial charge is 0.350 e. The first kappa shape index (κ1) is 15.0. The summed E-state index contributed by atoms with van der Waals surface area (Å²) in [5.74, 6) is 1.08. The van der Waals surface area contributed by atoms with E-state index in [0.29, 0.717) is 5.92 Å². The number of sulfonamides is 1. The van der Waals surface area contributed by atoms with Crippen LogP contribution < -0.4 is 10.4 Å². The second-order valence-electron chi connectivity index (χ2n) is 5.48. The molecule has 1 saturated carbocycles. The van der Waals surface area contributed by atoms with Gasteiger partial charge in [-0.15, -0.1) is 0 Å². The van der Waals surface area contributed by atoms with Gasteiger partial charge in [0.25, 0.3) is 0 Å². The molecule has 22 heavy (non-hydrogen) atoms. The van der Waals surface area contributed by atoms with Crippen molar-refractivity contribution in [2.75, 3.05) is 12.8 Å². The first-order valence-electron chi connectivity index (χ1n) is 7.15. The molecule has 0 aliphatic heterocycles. The Morgan fingerprint density at radius 2 is 1.95 bits per heavy atom. The van der Waals surface area contributed by atoms with E-state index in [2.05, 4.69) is 9.82 Å². The number of nitrogens with zero attached hydrogens (tertiary/aromatic N) is 3. The highest BCUT2D eigenvalue weighted by Crippen LogP contribution is 2.39. The van der Waals surface area contributed by atoms with Gasteiger partial charge in [0.15, 0.2) is 0 Å². The molecule has 0 bridgehead atoms. The summed E-state index contributed by atoms with van der Waals surface area (Å²) in [7, 11) is -3.27. The van der Waals surface area contributed by atoms with E-state index in [1.165, 1.54) is 4.68 Å². The topological polar surface area (TPSA) is 86.0 Å². The molecule has 1 aliphatic carbocycles. The fraction of sp³-hybridized carbons (Fsp3) is 0.429. The van der Waals surface area contributed by atoms with Crippen LogP contribution in [0, 0.1) is 0 Å². The van der Waals surface area contributed by atoms with Gasteiger partial charge in [0.05, 0.1) is 18.5 Å². The van der Waals surface area contributed by atoms with Crippen molar-refractivity contribution < 1.29 is 8.42 Å². The molecule has 0 amide bonds. The zero-order valence-electron chi connectivity index (χ0n) is 12.3. The predicted octanol–water partition coefficient (Wildman–Crippen LogP) is 0.461. The second kappa shape index (κ2) is 5.69. The Labute approximate surface area is 128 Å². The summed E-state index contributed by atoms with van der Waals surface area (Å²) in [6.45, 7) is 0.361. The molecule has 3 rings (SSSR count). The highest BCUT2D eigenvalue weighted by atomic mass is 32.2. The van der Waals surface area contributed by atoms with Gasteiger partial charge in [-0.25, -0.2) is 27.2 Å². The fourth-order valence-corrected chi connectivity index (χ4v) is 2.79. The number of hydrogen-bond donors (Lipinski definition) is 1. The maximum absolute atomic E-state index is 12.6. The summed E-state index contributed by atoms with van der Waals surface area (Å²) in [5.41, 5.74) is 0.556. The van der Waals surface area contributed by atoms with Crippen LogP contribution in [0.2, 0.25) is 0 Å². The van der Waals surface area contributed by atoms with E-state index in [-0.39, 0.29) is 18.8 Å². The lowest BCUT2D eigenvalue weighted by Crippen LogP contribution is -2.31. The first-order chi connectivity index (χ1) is 10.5. The van der Waals surface area contributed by atoms with Crippen LogP contribution in [0.4, 0.5) is 0 Å². The summed E-state index contributed by atoms with van der Waals surface area (Å²) in [5, 5.41) is 4.40. The van der Waals surface area contributed by atoms with Gasteiger partial charge in [-0.2, -0.15) is 5.10 Å². The van der Waals surface area contributed by atoms with Crippen LogP contribution in [0.5, 0.6) is 0 Å². The molecule has 1 heterocycles. The van der Waals surface area contributed by atoms with Gasteiger partial charge in [-0.1, -0.05) is 18.2 Å². The SMILES string of the molecule is CS(=O)(=O)NCCn1nc(C2CC2)n(-c2ccccc2)c1=O. The maximum atomic E-state index is 12.6. The average Bonchev–Trinajstić information content (AvgIpc) is 3.25. The Balaban J connectivity index is 1.91. The molecule has 0 radical (unpaired) electrons. The average molecular weight is 322 g/mol. The molecule has 1 aromatic heterocycles. The molecule has 118 valence electrons. The normalized spacial score (nSPS) is 15.1. The lowest BCUT2D eigenvalue weighted by molar-refractivity contribution is 0.554. The van der Waals surface area contributed by atoms with Crippen molar-refractivity contribution in [1.82, 2.24) is 19.1 Å². The van der Waals surface area contributed by atoms with E-state index in [0.717, 1.165) is 30.6 Å². The summed E-state index contributed by atoms with van der Waals surface area (Å²) >= 11 is 0. The molecule has 1 aromatic carbocycles. The molecule has 0 unspecified atom stereocenters. The third-order valence-electron chi connectivity index (χ3n) is 3.51. The molecular weight excluding hydrogens is 304 g/mol. The Morgan fingerprint density at radius 3 is 2.55 bits per heavy atom. The van der Waals surface area contributed by atoms with E-state index in [1.54, 1.807) is 4.57 Å². The summed E-state index contributed by atoms with van der Waals surface area (Å²) < 4.78 is 27.5. The minimum absolute atomic E-state index is 0.147. The van der Waals surface area contributed by atoms with Crippen LogP contribution in [-0.2, 0) is 16.6 Å². The highest BCUT2D eigenvalue weighted by molar-refractivity contribution is 7.88. The minimum atomic E-state index is -3.27. The van der Waals surface area contributed by atoms with Gasteiger partial charge in [0.2, 0.25) is 10.0 Å². The molecule has 0 atom stereocenters. The van der Waals surface area contributed by atoms with E-state index >= 15 is 0 Å². The summed E-state index contributed by atoms with van der Waals surface area (Å²) in [6.07, 6.45) is 3.16. The van der Waals surface area contributed by atoms with Crippen LogP contribution >= 0.6 is 0 Å². The molecule has 1 aliphatic rings. The number of rotatable bonds is 6.